The third-order valence-electron chi connectivity index (χ3n) is 5.82. The van der Waals surface area contributed by atoms with E-state index in [1.165, 1.54) is 16.7 Å². The second-order valence-electron chi connectivity index (χ2n) is 8.08. The summed E-state index contributed by atoms with van der Waals surface area (Å²) in [5.74, 6) is 0.901. The second kappa shape index (κ2) is 8.95. The lowest BCUT2D eigenvalue weighted by Gasteiger charge is -2.32. The minimum absolute atomic E-state index is 0. The molecule has 4 rings (SSSR count). The molecule has 0 spiro atoms. The van der Waals surface area contributed by atoms with Crippen LogP contribution in [0.5, 0.6) is 0 Å². The number of aryl methyl sites for hydroxylation is 1. The van der Waals surface area contributed by atoms with Crippen LogP contribution in [0.2, 0.25) is 0 Å². The van der Waals surface area contributed by atoms with Crippen LogP contribution in [0.4, 0.5) is 0 Å². The molecule has 2 unspecified atom stereocenters. The Hall–Kier alpha value is -1.40. The van der Waals surface area contributed by atoms with Crippen LogP contribution >= 0.6 is 12.4 Å². The van der Waals surface area contributed by atoms with Crippen LogP contribution in [0, 0.1) is 5.92 Å². The number of fused-ring (bicyclic) bond motifs is 1. The minimum atomic E-state index is -3.19. The summed E-state index contributed by atoms with van der Waals surface area (Å²) in [4.78, 5) is 0. The number of halogens is 1. The Morgan fingerprint density at radius 3 is 2.46 bits per heavy atom. The summed E-state index contributed by atoms with van der Waals surface area (Å²) < 4.78 is 27.1. The van der Waals surface area contributed by atoms with E-state index in [1.807, 2.05) is 6.07 Å². The van der Waals surface area contributed by atoms with Crippen LogP contribution in [0.15, 0.2) is 48.5 Å². The molecule has 0 radical (unpaired) electrons. The summed E-state index contributed by atoms with van der Waals surface area (Å²) in [6, 6.07) is 17.0. The Labute approximate surface area is 174 Å². The van der Waals surface area contributed by atoms with Gasteiger partial charge in [0.25, 0.3) is 0 Å². The smallest absolute Gasteiger partial charge is 0.212 e. The number of rotatable bonds is 7. The molecule has 2 atom stereocenters. The average molecular weight is 421 g/mol. The van der Waals surface area contributed by atoms with Crippen molar-refractivity contribution < 1.29 is 8.42 Å². The number of nitrogens with two attached hydrogens (primary N) is 1. The zero-order valence-electron chi connectivity index (χ0n) is 16.0. The fourth-order valence-electron chi connectivity index (χ4n) is 4.06. The standard InChI is InChI=1S/C22H28N2O2S.ClH/c23-22-11-10-19-9-8-18(14-24-27(25,26)15-17-6-7-17)13-20(19)21(22)12-16-4-2-1-3-5-16;/h1-5,8-9,13,17,21-22,24H,6-7,10-12,14-15,23H2;1H. The highest BCUT2D eigenvalue weighted by atomic mass is 35.5. The van der Waals surface area contributed by atoms with E-state index in [-0.39, 0.29) is 30.1 Å². The Bertz CT molecular complexity index is 898. The van der Waals surface area contributed by atoms with Gasteiger partial charge in [-0.25, -0.2) is 13.1 Å². The lowest BCUT2D eigenvalue weighted by Crippen LogP contribution is -2.34. The molecule has 2 aromatic rings. The highest BCUT2D eigenvalue weighted by Gasteiger charge is 2.29. The zero-order chi connectivity index (χ0) is 18.9. The van der Waals surface area contributed by atoms with Crippen molar-refractivity contribution in [2.45, 2.75) is 50.6 Å². The summed E-state index contributed by atoms with van der Waals surface area (Å²) >= 11 is 0. The molecular formula is C22H29ClN2O2S. The van der Waals surface area contributed by atoms with Gasteiger partial charge in [-0.1, -0.05) is 48.5 Å². The Morgan fingerprint density at radius 2 is 1.75 bits per heavy atom. The lowest BCUT2D eigenvalue weighted by molar-refractivity contribution is 0.467. The van der Waals surface area contributed by atoms with Crippen LogP contribution in [0.25, 0.3) is 0 Å². The second-order valence-corrected chi connectivity index (χ2v) is 9.93. The first-order valence-corrected chi connectivity index (χ1v) is 11.5. The number of benzene rings is 2. The third kappa shape index (κ3) is 5.35. The normalized spacial score (nSPS) is 21.6. The molecule has 4 nitrogen and oxygen atoms in total. The van der Waals surface area contributed by atoms with E-state index in [0.29, 0.717) is 12.5 Å². The van der Waals surface area contributed by atoms with Gasteiger partial charge in [0, 0.05) is 18.5 Å². The summed E-state index contributed by atoms with van der Waals surface area (Å²) in [6.07, 6.45) is 5.00. The molecule has 2 aliphatic carbocycles. The van der Waals surface area contributed by atoms with E-state index in [1.54, 1.807) is 0 Å². The van der Waals surface area contributed by atoms with E-state index < -0.39 is 10.0 Å². The first-order chi connectivity index (χ1) is 13.0. The maximum absolute atomic E-state index is 12.2. The number of nitrogens with one attached hydrogen (secondary N) is 1. The molecular weight excluding hydrogens is 392 g/mol. The van der Waals surface area contributed by atoms with Crippen molar-refractivity contribution in [2.24, 2.45) is 11.7 Å². The van der Waals surface area contributed by atoms with E-state index >= 15 is 0 Å². The van der Waals surface area contributed by atoms with Crippen LogP contribution in [0.1, 0.15) is 47.4 Å². The fourth-order valence-corrected chi connectivity index (χ4v) is 5.52. The van der Waals surface area contributed by atoms with Crippen molar-refractivity contribution in [3.8, 4) is 0 Å². The van der Waals surface area contributed by atoms with Gasteiger partial charge < -0.3 is 5.73 Å². The molecule has 1 fully saturated rings. The molecule has 6 heteroatoms. The van der Waals surface area contributed by atoms with E-state index in [2.05, 4.69) is 47.2 Å². The summed E-state index contributed by atoms with van der Waals surface area (Å²) in [6.45, 7) is 0.357. The number of hydrogen-bond donors (Lipinski definition) is 2. The van der Waals surface area contributed by atoms with Gasteiger partial charge in [-0.05, 0) is 60.3 Å². The molecule has 2 aliphatic rings. The predicted molar refractivity (Wildman–Crippen MR) is 116 cm³/mol. The molecule has 3 N–H and O–H groups in total. The van der Waals surface area contributed by atoms with Crippen molar-refractivity contribution in [3.05, 3.63) is 70.8 Å². The van der Waals surface area contributed by atoms with E-state index in [0.717, 1.165) is 37.7 Å². The van der Waals surface area contributed by atoms with E-state index in [9.17, 15) is 8.42 Å². The van der Waals surface area contributed by atoms with Gasteiger partial charge in [0.15, 0.2) is 0 Å². The molecule has 152 valence electrons. The maximum Gasteiger partial charge on any atom is 0.212 e. The van der Waals surface area contributed by atoms with Gasteiger partial charge in [-0.3, -0.25) is 0 Å². The predicted octanol–water partition coefficient (Wildman–Crippen LogP) is 3.54. The largest absolute Gasteiger partial charge is 0.327 e. The Morgan fingerprint density at radius 1 is 1.00 bits per heavy atom. The summed E-state index contributed by atoms with van der Waals surface area (Å²) in [7, 11) is -3.19. The molecule has 0 aliphatic heterocycles. The molecule has 0 aromatic heterocycles. The van der Waals surface area contributed by atoms with E-state index in [4.69, 9.17) is 5.73 Å². The first-order valence-electron chi connectivity index (χ1n) is 9.89. The van der Waals surface area contributed by atoms with Gasteiger partial charge in [-0.2, -0.15) is 0 Å². The monoisotopic (exact) mass is 420 g/mol. The Balaban J connectivity index is 0.00000225. The van der Waals surface area contributed by atoms with Gasteiger partial charge in [-0.15, -0.1) is 12.4 Å². The summed E-state index contributed by atoms with van der Waals surface area (Å²) in [5.41, 5.74) is 11.4. The SMILES string of the molecule is Cl.NC1CCc2ccc(CNS(=O)(=O)CC3CC3)cc2C1Cc1ccccc1. The minimum Gasteiger partial charge on any atom is -0.327 e. The van der Waals surface area contributed by atoms with Gasteiger partial charge >= 0.3 is 0 Å². The van der Waals surface area contributed by atoms with Gasteiger partial charge in [0.05, 0.1) is 5.75 Å². The molecule has 1 saturated carbocycles. The number of hydrogen-bond acceptors (Lipinski definition) is 3. The average Bonchev–Trinajstić information content (AvgIpc) is 3.46. The van der Waals surface area contributed by atoms with Crippen LogP contribution in [-0.4, -0.2) is 20.2 Å². The van der Waals surface area contributed by atoms with Crippen molar-refractivity contribution in [1.29, 1.82) is 0 Å². The molecule has 0 bridgehead atoms. The topological polar surface area (TPSA) is 72.2 Å². The van der Waals surface area contributed by atoms with Crippen molar-refractivity contribution in [2.75, 3.05) is 5.75 Å². The maximum atomic E-state index is 12.2. The zero-order valence-corrected chi connectivity index (χ0v) is 17.6. The molecule has 0 heterocycles. The highest BCUT2D eigenvalue weighted by molar-refractivity contribution is 7.89. The lowest BCUT2D eigenvalue weighted by atomic mass is 9.76. The fraction of sp³-hybridized carbons (Fsp3) is 0.455. The first kappa shape index (κ1) is 21.3. The summed E-state index contributed by atoms with van der Waals surface area (Å²) in [5, 5.41) is 0. The van der Waals surface area contributed by atoms with Gasteiger partial charge in [0.1, 0.15) is 0 Å². The molecule has 0 saturated heterocycles. The number of sulfonamides is 1. The van der Waals surface area contributed by atoms with Crippen LogP contribution < -0.4 is 10.5 Å². The van der Waals surface area contributed by atoms with Crippen molar-refractivity contribution in [1.82, 2.24) is 4.72 Å². The third-order valence-corrected chi connectivity index (χ3v) is 7.31. The van der Waals surface area contributed by atoms with Crippen LogP contribution in [-0.2, 0) is 29.4 Å². The van der Waals surface area contributed by atoms with Gasteiger partial charge in [0.2, 0.25) is 10.0 Å². The molecule has 2 aromatic carbocycles. The highest BCUT2D eigenvalue weighted by Crippen LogP contribution is 2.34. The quantitative estimate of drug-likeness (QED) is 0.719. The van der Waals surface area contributed by atoms with Crippen molar-refractivity contribution >= 4 is 22.4 Å². The van der Waals surface area contributed by atoms with Crippen molar-refractivity contribution in [3.63, 3.8) is 0 Å². The van der Waals surface area contributed by atoms with Crippen LogP contribution in [0.3, 0.4) is 0 Å². The molecule has 0 amide bonds. The molecule has 28 heavy (non-hydrogen) atoms. The Kier molecular flexibility index (Phi) is 6.81.